The second kappa shape index (κ2) is 5.96. The Morgan fingerprint density at radius 2 is 2.50 bits per heavy atom. The topological polar surface area (TPSA) is 49.8 Å². The van der Waals surface area contributed by atoms with Crippen LogP contribution in [0.2, 0.25) is 0 Å². The summed E-state index contributed by atoms with van der Waals surface area (Å²) in [6.45, 7) is 1.14. The molecule has 0 radical (unpaired) electrons. The van der Waals surface area contributed by atoms with Crippen molar-refractivity contribution in [2.45, 2.75) is 30.9 Å². The van der Waals surface area contributed by atoms with E-state index in [4.69, 9.17) is 16.3 Å². The highest BCUT2D eigenvalue weighted by molar-refractivity contribution is 7.99. The predicted octanol–water partition coefficient (Wildman–Crippen LogP) is 1.06. The molecule has 100 valence electrons. The molecule has 2 heterocycles. The number of carboxylic acid groups (broad SMARTS) is 1. The molecule has 0 bridgehead atoms. The SMILES string of the molecule is C#CCN(CC(=O)O)C1CCOC2(CCSC2)C1. The van der Waals surface area contributed by atoms with Gasteiger partial charge in [-0.3, -0.25) is 9.69 Å². The highest BCUT2D eigenvalue weighted by Gasteiger charge is 2.42. The van der Waals surface area contributed by atoms with Crippen LogP contribution in [-0.4, -0.2) is 58.8 Å². The van der Waals surface area contributed by atoms with Crippen LogP contribution in [0.5, 0.6) is 0 Å². The average molecular weight is 269 g/mol. The summed E-state index contributed by atoms with van der Waals surface area (Å²) in [5.41, 5.74) is -0.0288. The van der Waals surface area contributed by atoms with E-state index >= 15 is 0 Å². The summed E-state index contributed by atoms with van der Waals surface area (Å²) in [6.07, 6.45) is 8.20. The lowest BCUT2D eigenvalue weighted by Crippen LogP contribution is -2.50. The molecule has 0 saturated carbocycles. The Hall–Kier alpha value is -0.700. The number of hydrogen-bond donors (Lipinski definition) is 1. The van der Waals surface area contributed by atoms with Crippen LogP contribution in [0.25, 0.3) is 0 Å². The van der Waals surface area contributed by atoms with Gasteiger partial charge in [-0.2, -0.15) is 11.8 Å². The van der Waals surface area contributed by atoms with Gasteiger partial charge >= 0.3 is 5.97 Å². The molecule has 2 aliphatic heterocycles. The number of carboxylic acids is 1. The Morgan fingerprint density at radius 1 is 1.67 bits per heavy atom. The Bertz CT molecular complexity index is 347. The van der Waals surface area contributed by atoms with Crippen LogP contribution in [0.1, 0.15) is 19.3 Å². The molecule has 2 fully saturated rings. The summed E-state index contributed by atoms with van der Waals surface area (Å²) >= 11 is 1.92. The van der Waals surface area contributed by atoms with Gasteiger partial charge in [-0.15, -0.1) is 6.42 Å². The maximum absolute atomic E-state index is 10.9. The first-order valence-corrected chi connectivity index (χ1v) is 7.42. The molecule has 0 aromatic carbocycles. The molecular weight excluding hydrogens is 250 g/mol. The summed E-state index contributed by atoms with van der Waals surface area (Å²) in [6, 6.07) is 0.240. The van der Waals surface area contributed by atoms with E-state index in [0.29, 0.717) is 13.2 Å². The monoisotopic (exact) mass is 269 g/mol. The number of carbonyl (C=O) groups is 1. The Labute approximate surface area is 112 Å². The van der Waals surface area contributed by atoms with Crippen LogP contribution in [0.3, 0.4) is 0 Å². The molecule has 1 spiro atoms. The van der Waals surface area contributed by atoms with Crippen molar-refractivity contribution < 1.29 is 14.6 Å². The maximum atomic E-state index is 10.9. The summed E-state index contributed by atoms with van der Waals surface area (Å²) < 4.78 is 5.94. The molecule has 5 heteroatoms. The van der Waals surface area contributed by atoms with E-state index in [9.17, 15) is 4.79 Å². The second-order valence-electron chi connectivity index (χ2n) is 4.98. The number of hydrogen-bond acceptors (Lipinski definition) is 4. The van der Waals surface area contributed by atoms with Crippen molar-refractivity contribution in [3.05, 3.63) is 0 Å². The van der Waals surface area contributed by atoms with Gasteiger partial charge < -0.3 is 9.84 Å². The van der Waals surface area contributed by atoms with Crippen molar-refractivity contribution in [1.82, 2.24) is 4.90 Å². The van der Waals surface area contributed by atoms with Crippen molar-refractivity contribution in [1.29, 1.82) is 0 Å². The fraction of sp³-hybridized carbons (Fsp3) is 0.769. The van der Waals surface area contributed by atoms with Gasteiger partial charge in [-0.05, 0) is 25.0 Å². The van der Waals surface area contributed by atoms with Gasteiger partial charge in [0.15, 0.2) is 0 Å². The van der Waals surface area contributed by atoms with Gasteiger partial charge in [0.05, 0.1) is 18.7 Å². The summed E-state index contributed by atoms with van der Waals surface area (Å²) in [4.78, 5) is 12.8. The summed E-state index contributed by atoms with van der Waals surface area (Å²) in [5, 5.41) is 8.95. The highest BCUT2D eigenvalue weighted by atomic mass is 32.2. The molecule has 0 aliphatic carbocycles. The first-order chi connectivity index (χ1) is 8.65. The first-order valence-electron chi connectivity index (χ1n) is 6.26. The van der Waals surface area contributed by atoms with E-state index in [0.717, 1.165) is 30.8 Å². The molecule has 2 rings (SSSR count). The molecule has 2 unspecified atom stereocenters. The molecule has 18 heavy (non-hydrogen) atoms. The quantitative estimate of drug-likeness (QED) is 0.773. The molecule has 1 N–H and O–H groups in total. The lowest BCUT2D eigenvalue weighted by Gasteiger charge is -2.41. The molecule has 4 nitrogen and oxygen atoms in total. The predicted molar refractivity (Wildman–Crippen MR) is 71.7 cm³/mol. The van der Waals surface area contributed by atoms with Gasteiger partial charge in [-0.1, -0.05) is 5.92 Å². The van der Waals surface area contributed by atoms with Gasteiger partial charge in [0.25, 0.3) is 0 Å². The third-order valence-corrected chi connectivity index (χ3v) is 4.91. The van der Waals surface area contributed by atoms with E-state index in [1.807, 2.05) is 16.7 Å². The van der Waals surface area contributed by atoms with Crippen molar-refractivity contribution in [2.24, 2.45) is 0 Å². The van der Waals surface area contributed by atoms with E-state index < -0.39 is 5.97 Å². The minimum atomic E-state index is -0.813. The second-order valence-corrected chi connectivity index (χ2v) is 6.09. The molecule has 2 saturated heterocycles. The van der Waals surface area contributed by atoms with E-state index in [2.05, 4.69) is 5.92 Å². The fourth-order valence-corrected chi connectivity index (χ4v) is 4.16. The molecular formula is C13H19NO3S. The molecule has 0 amide bonds. The van der Waals surface area contributed by atoms with Crippen molar-refractivity contribution in [2.75, 3.05) is 31.2 Å². The summed E-state index contributed by atoms with van der Waals surface area (Å²) in [5.74, 6) is 3.92. The number of aliphatic carboxylic acids is 1. The lowest BCUT2D eigenvalue weighted by molar-refractivity contribution is -0.141. The Balaban J connectivity index is 2.01. The average Bonchev–Trinajstić information content (AvgIpc) is 2.76. The number of terminal acetylenes is 1. The lowest BCUT2D eigenvalue weighted by atomic mass is 9.89. The number of thioether (sulfide) groups is 1. The zero-order chi connectivity index (χ0) is 13.0. The smallest absolute Gasteiger partial charge is 0.317 e. The van der Waals surface area contributed by atoms with Gasteiger partial charge in [-0.25, -0.2) is 0 Å². The van der Waals surface area contributed by atoms with Crippen LogP contribution in [0.4, 0.5) is 0 Å². The molecule has 0 aromatic heterocycles. The Kier molecular flexibility index (Phi) is 4.55. The van der Waals surface area contributed by atoms with E-state index in [-0.39, 0.29) is 18.2 Å². The molecule has 0 aromatic rings. The number of ether oxygens (including phenoxy) is 1. The van der Waals surface area contributed by atoms with Crippen molar-refractivity contribution in [3.8, 4) is 12.3 Å². The minimum Gasteiger partial charge on any atom is -0.480 e. The van der Waals surface area contributed by atoms with Gasteiger partial charge in [0.1, 0.15) is 0 Å². The van der Waals surface area contributed by atoms with Crippen LogP contribution in [0.15, 0.2) is 0 Å². The van der Waals surface area contributed by atoms with Crippen LogP contribution >= 0.6 is 11.8 Å². The van der Waals surface area contributed by atoms with E-state index in [1.165, 1.54) is 0 Å². The summed E-state index contributed by atoms with van der Waals surface area (Å²) in [7, 11) is 0. The van der Waals surface area contributed by atoms with Crippen LogP contribution < -0.4 is 0 Å². The zero-order valence-electron chi connectivity index (χ0n) is 10.4. The van der Waals surface area contributed by atoms with Crippen molar-refractivity contribution >= 4 is 17.7 Å². The Morgan fingerprint density at radius 3 is 3.11 bits per heavy atom. The largest absolute Gasteiger partial charge is 0.480 e. The third kappa shape index (κ3) is 3.19. The zero-order valence-corrected chi connectivity index (χ0v) is 11.2. The molecule has 2 atom stereocenters. The van der Waals surface area contributed by atoms with Crippen LogP contribution in [-0.2, 0) is 9.53 Å². The van der Waals surface area contributed by atoms with Gasteiger partial charge in [0, 0.05) is 18.4 Å². The fourth-order valence-electron chi connectivity index (χ4n) is 2.78. The normalized spacial score (nSPS) is 31.7. The molecule has 2 aliphatic rings. The van der Waals surface area contributed by atoms with Crippen molar-refractivity contribution in [3.63, 3.8) is 0 Å². The standard InChI is InChI=1S/C13H19NO3S/c1-2-5-14(9-12(15)16)11-3-6-17-13(8-11)4-7-18-10-13/h1,11H,3-10H2,(H,15,16). The number of nitrogens with zero attached hydrogens (tertiary/aromatic N) is 1. The third-order valence-electron chi connectivity index (χ3n) is 3.68. The van der Waals surface area contributed by atoms with Gasteiger partial charge in [0.2, 0.25) is 0 Å². The highest BCUT2D eigenvalue weighted by Crippen LogP contribution is 2.39. The number of rotatable bonds is 4. The van der Waals surface area contributed by atoms with E-state index in [1.54, 1.807) is 0 Å². The van der Waals surface area contributed by atoms with Crippen LogP contribution in [0, 0.1) is 12.3 Å². The first kappa shape index (κ1) is 13.7. The minimum absolute atomic E-state index is 0.0259. The maximum Gasteiger partial charge on any atom is 0.317 e.